The molecule has 1 aliphatic heterocycles. The topological polar surface area (TPSA) is 18.5 Å². The van der Waals surface area contributed by atoms with E-state index in [1.54, 1.807) is 0 Å². The number of rotatable bonds is 1. The van der Waals surface area contributed by atoms with E-state index in [9.17, 15) is 0 Å². The minimum Gasteiger partial charge on any atom is -0.486 e. The monoisotopic (exact) mass is 150 g/mol. The van der Waals surface area contributed by atoms with Gasteiger partial charge in [-0.1, -0.05) is 12.7 Å². The van der Waals surface area contributed by atoms with Crippen molar-refractivity contribution in [1.29, 1.82) is 0 Å². The molecule has 0 spiro atoms. The highest BCUT2D eigenvalue weighted by molar-refractivity contribution is 5.40. The molecule has 1 fully saturated rings. The highest BCUT2D eigenvalue weighted by atomic mass is 16.6. The largest absolute Gasteiger partial charge is 0.486 e. The van der Waals surface area contributed by atoms with Crippen molar-refractivity contribution >= 4 is 0 Å². The van der Waals surface area contributed by atoms with Gasteiger partial charge in [0.15, 0.2) is 11.5 Å². The van der Waals surface area contributed by atoms with Gasteiger partial charge in [-0.2, -0.15) is 0 Å². The van der Waals surface area contributed by atoms with Crippen LogP contribution in [0.15, 0.2) is 35.8 Å². The highest BCUT2D eigenvalue weighted by Crippen LogP contribution is 2.30. The van der Waals surface area contributed by atoms with E-state index in [1.807, 2.05) is 12.2 Å². The molecule has 0 aromatic heterocycles. The van der Waals surface area contributed by atoms with Gasteiger partial charge in [-0.25, -0.2) is 0 Å². The maximum Gasteiger partial charge on any atom is 0.164 e. The number of ether oxygens (including phenoxy) is 2. The van der Waals surface area contributed by atoms with Crippen molar-refractivity contribution in [1.82, 2.24) is 0 Å². The second-order valence-corrected chi connectivity index (χ2v) is 2.53. The summed E-state index contributed by atoms with van der Waals surface area (Å²) in [4.78, 5) is 0. The smallest absolute Gasteiger partial charge is 0.164 e. The Bertz CT molecular complexity index is 248. The van der Waals surface area contributed by atoms with Crippen LogP contribution in [0.4, 0.5) is 0 Å². The van der Waals surface area contributed by atoms with E-state index in [4.69, 9.17) is 9.47 Å². The zero-order chi connectivity index (χ0) is 7.68. The quantitative estimate of drug-likeness (QED) is 0.567. The Morgan fingerprint density at radius 3 is 3.00 bits per heavy atom. The summed E-state index contributed by atoms with van der Waals surface area (Å²) in [5.74, 6) is 1.79. The third-order valence-corrected chi connectivity index (χ3v) is 1.86. The zero-order valence-electron chi connectivity index (χ0n) is 6.30. The van der Waals surface area contributed by atoms with E-state index in [0.717, 1.165) is 23.5 Å². The zero-order valence-corrected chi connectivity index (χ0v) is 6.30. The lowest BCUT2D eigenvalue weighted by atomic mass is 10.2. The minimum atomic E-state index is 0.657. The highest BCUT2D eigenvalue weighted by Gasteiger charge is 2.21. The van der Waals surface area contributed by atoms with Crippen LogP contribution in [-0.4, -0.2) is 13.2 Å². The first-order chi connectivity index (χ1) is 5.42. The van der Waals surface area contributed by atoms with Crippen molar-refractivity contribution in [3.05, 3.63) is 35.8 Å². The third kappa shape index (κ3) is 0.946. The molecule has 11 heavy (non-hydrogen) atoms. The van der Waals surface area contributed by atoms with Crippen LogP contribution >= 0.6 is 0 Å². The van der Waals surface area contributed by atoms with Crippen molar-refractivity contribution in [2.24, 2.45) is 0 Å². The second kappa shape index (κ2) is 2.46. The summed E-state index contributed by atoms with van der Waals surface area (Å²) in [5.41, 5.74) is 1.14. The molecular formula is C9H10O2. The molecule has 1 aliphatic carbocycles. The average molecular weight is 150 g/mol. The molecule has 1 saturated heterocycles. The van der Waals surface area contributed by atoms with E-state index >= 15 is 0 Å². The molecule has 1 heterocycles. The molecule has 2 rings (SSSR count). The van der Waals surface area contributed by atoms with Crippen LogP contribution in [-0.2, 0) is 9.47 Å². The van der Waals surface area contributed by atoms with E-state index in [-0.39, 0.29) is 0 Å². The standard InChI is InChI=1S/C9H10O2/c1-2-7-3-4-8-9(7)11-6-5-10-8/h2,4H,1,3,5-6H2. The number of hydrogen-bond donors (Lipinski definition) is 0. The predicted molar refractivity (Wildman–Crippen MR) is 41.8 cm³/mol. The Morgan fingerprint density at radius 2 is 2.18 bits per heavy atom. The number of hydrogen-bond acceptors (Lipinski definition) is 2. The van der Waals surface area contributed by atoms with Crippen LogP contribution in [0.25, 0.3) is 0 Å². The molecule has 0 aromatic carbocycles. The minimum absolute atomic E-state index is 0.657. The predicted octanol–water partition coefficient (Wildman–Crippen LogP) is 1.76. The maximum atomic E-state index is 5.42. The fourth-order valence-electron chi connectivity index (χ4n) is 1.31. The molecule has 58 valence electrons. The Labute approximate surface area is 65.8 Å². The van der Waals surface area contributed by atoms with Crippen molar-refractivity contribution in [2.75, 3.05) is 13.2 Å². The summed E-state index contributed by atoms with van der Waals surface area (Å²) in [6, 6.07) is 0. The van der Waals surface area contributed by atoms with Gasteiger partial charge in [-0.05, 0) is 12.5 Å². The molecule has 0 unspecified atom stereocenters. The van der Waals surface area contributed by atoms with Crippen LogP contribution in [0.2, 0.25) is 0 Å². The van der Waals surface area contributed by atoms with Gasteiger partial charge >= 0.3 is 0 Å². The third-order valence-electron chi connectivity index (χ3n) is 1.86. The van der Waals surface area contributed by atoms with Crippen LogP contribution < -0.4 is 0 Å². The second-order valence-electron chi connectivity index (χ2n) is 2.53. The molecular weight excluding hydrogens is 140 g/mol. The van der Waals surface area contributed by atoms with Gasteiger partial charge in [-0.15, -0.1) is 0 Å². The summed E-state index contributed by atoms with van der Waals surface area (Å²) < 4.78 is 10.8. The molecule has 2 aliphatic rings. The summed E-state index contributed by atoms with van der Waals surface area (Å²) in [5, 5.41) is 0. The van der Waals surface area contributed by atoms with Crippen LogP contribution in [0.5, 0.6) is 0 Å². The number of fused-ring (bicyclic) bond motifs is 1. The van der Waals surface area contributed by atoms with Crippen molar-refractivity contribution in [3.63, 3.8) is 0 Å². The average Bonchev–Trinajstić information content (AvgIpc) is 2.47. The molecule has 0 saturated carbocycles. The summed E-state index contributed by atoms with van der Waals surface area (Å²) >= 11 is 0. The molecule has 0 aromatic rings. The molecule has 0 bridgehead atoms. The van der Waals surface area contributed by atoms with E-state index in [2.05, 4.69) is 6.58 Å². The SMILES string of the molecule is C=CC1=C2OCCOC2=CC1. The maximum absolute atomic E-state index is 5.42. The van der Waals surface area contributed by atoms with Crippen molar-refractivity contribution in [2.45, 2.75) is 6.42 Å². The molecule has 2 nitrogen and oxygen atoms in total. The lowest BCUT2D eigenvalue weighted by Crippen LogP contribution is -2.12. The van der Waals surface area contributed by atoms with E-state index in [0.29, 0.717) is 13.2 Å². The van der Waals surface area contributed by atoms with Gasteiger partial charge in [0.25, 0.3) is 0 Å². The number of allylic oxidation sites excluding steroid dienone is 3. The Morgan fingerprint density at radius 1 is 1.36 bits per heavy atom. The van der Waals surface area contributed by atoms with Crippen molar-refractivity contribution < 1.29 is 9.47 Å². The first-order valence-electron chi connectivity index (χ1n) is 3.73. The Balaban J connectivity index is 2.31. The molecule has 2 heteroatoms. The van der Waals surface area contributed by atoms with Crippen LogP contribution in [0.1, 0.15) is 6.42 Å². The van der Waals surface area contributed by atoms with E-state index in [1.165, 1.54) is 0 Å². The Kier molecular flexibility index (Phi) is 1.46. The van der Waals surface area contributed by atoms with Gasteiger partial charge in [0.05, 0.1) is 0 Å². The lowest BCUT2D eigenvalue weighted by molar-refractivity contribution is 0.0606. The first kappa shape index (κ1) is 6.53. The summed E-state index contributed by atoms with van der Waals surface area (Å²) in [6.07, 6.45) is 4.76. The van der Waals surface area contributed by atoms with Gasteiger partial charge < -0.3 is 9.47 Å². The van der Waals surface area contributed by atoms with E-state index < -0.39 is 0 Å². The van der Waals surface area contributed by atoms with Crippen molar-refractivity contribution in [3.8, 4) is 0 Å². The van der Waals surface area contributed by atoms with Gasteiger partial charge in [0.1, 0.15) is 13.2 Å². The van der Waals surface area contributed by atoms with Gasteiger partial charge in [0, 0.05) is 5.57 Å². The Hall–Kier alpha value is -1.18. The summed E-state index contributed by atoms with van der Waals surface area (Å²) in [7, 11) is 0. The molecule has 0 atom stereocenters. The normalized spacial score (nSPS) is 21.6. The summed E-state index contributed by atoms with van der Waals surface area (Å²) in [6.45, 7) is 5.03. The fraction of sp³-hybridized carbons (Fsp3) is 0.333. The van der Waals surface area contributed by atoms with Crippen LogP contribution in [0.3, 0.4) is 0 Å². The first-order valence-corrected chi connectivity index (χ1v) is 3.73. The van der Waals surface area contributed by atoms with Crippen LogP contribution in [0, 0.1) is 0 Å². The lowest BCUT2D eigenvalue weighted by Gasteiger charge is -2.18. The molecule has 0 N–H and O–H groups in total. The molecule has 0 radical (unpaired) electrons. The van der Waals surface area contributed by atoms with Gasteiger partial charge in [0.2, 0.25) is 0 Å². The molecule has 0 amide bonds. The fourth-order valence-corrected chi connectivity index (χ4v) is 1.31. The van der Waals surface area contributed by atoms with Gasteiger partial charge in [-0.3, -0.25) is 0 Å².